The van der Waals surface area contributed by atoms with Crippen LogP contribution in [0.1, 0.15) is 32.1 Å². The lowest BCUT2D eigenvalue weighted by atomic mass is 10.1. The van der Waals surface area contributed by atoms with E-state index in [1.54, 1.807) is 0 Å². The van der Waals surface area contributed by atoms with Gasteiger partial charge in [0.2, 0.25) is 0 Å². The highest BCUT2D eigenvalue weighted by atomic mass is 16.7. The van der Waals surface area contributed by atoms with Gasteiger partial charge in [0.05, 0.1) is 12.8 Å². The summed E-state index contributed by atoms with van der Waals surface area (Å²) in [6.45, 7) is 0.656. The Morgan fingerprint density at radius 3 is 2.79 bits per heavy atom. The molecule has 2 rings (SSSR count). The van der Waals surface area contributed by atoms with Gasteiger partial charge in [-0.1, -0.05) is 5.06 Å². The van der Waals surface area contributed by atoms with Crippen LogP contribution >= 0.6 is 0 Å². The van der Waals surface area contributed by atoms with Crippen molar-refractivity contribution in [1.82, 2.24) is 5.06 Å². The second-order valence-electron chi connectivity index (χ2n) is 3.54. The van der Waals surface area contributed by atoms with Crippen LogP contribution in [-0.2, 0) is 19.2 Å². The number of ether oxygens (including phenoxy) is 1. The molecule has 78 valence electrons. The number of fused-ring (bicyclic) bond motifs is 1. The predicted molar refractivity (Wildman–Crippen MR) is 45.8 cm³/mol. The van der Waals surface area contributed by atoms with Crippen LogP contribution in [0.4, 0.5) is 0 Å². The molecular formula is C9H13NO4. The molecule has 0 aromatic heterocycles. The van der Waals surface area contributed by atoms with Gasteiger partial charge < -0.3 is 9.57 Å². The van der Waals surface area contributed by atoms with Crippen LogP contribution in [0, 0.1) is 0 Å². The van der Waals surface area contributed by atoms with Gasteiger partial charge in [-0.15, -0.1) is 0 Å². The highest BCUT2D eigenvalue weighted by Crippen LogP contribution is 2.21. The summed E-state index contributed by atoms with van der Waals surface area (Å²) in [6.07, 6.45) is 2.61. The monoisotopic (exact) mass is 199 g/mol. The number of piperidine rings is 1. The summed E-state index contributed by atoms with van der Waals surface area (Å²) in [4.78, 5) is 27.4. The molecule has 1 unspecified atom stereocenters. The van der Waals surface area contributed by atoms with Crippen molar-refractivity contribution in [3.8, 4) is 0 Å². The molecule has 0 spiro atoms. The number of hydrogen-bond acceptors (Lipinski definition) is 5. The van der Waals surface area contributed by atoms with Crippen molar-refractivity contribution in [3.05, 3.63) is 0 Å². The molecule has 0 aliphatic carbocycles. The molecular weight excluding hydrogens is 186 g/mol. The summed E-state index contributed by atoms with van der Waals surface area (Å²) in [5, 5.41) is 1.49. The second kappa shape index (κ2) is 3.96. The zero-order valence-corrected chi connectivity index (χ0v) is 7.90. The Kier molecular flexibility index (Phi) is 2.67. The minimum atomic E-state index is -0.361. The van der Waals surface area contributed by atoms with Gasteiger partial charge in [-0.2, -0.15) is 0 Å². The van der Waals surface area contributed by atoms with Gasteiger partial charge in [-0.25, -0.2) is 0 Å². The van der Waals surface area contributed by atoms with E-state index in [4.69, 9.17) is 9.57 Å². The van der Waals surface area contributed by atoms with Crippen LogP contribution < -0.4 is 0 Å². The Hall–Kier alpha value is -1.10. The summed E-state index contributed by atoms with van der Waals surface area (Å²) < 4.78 is 5.15. The third-order valence-corrected chi connectivity index (χ3v) is 2.42. The molecule has 0 aromatic rings. The lowest BCUT2D eigenvalue weighted by Gasteiger charge is -2.34. The fraction of sp³-hybridized carbons (Fsp3) is 0.778. The number of nitrogens with zero attached hydrogens (tertiary/aromatic N) is 1. The number of hydroxylamine groups is 2. The van der Waals surface area contributed by atoms with Crippen LogP contribution in [0.15, 0.2) is 0 Å². The molecule has 0 amide bonds. The Morgan fingerprint density at radius 1 is 1.14 bits per heavy atom. The molecule has 0 saturated carbocycles. The fourth-order valence-electron chi connectivity index (χ4n) is 1.69. The number of hydrogen-bond donors (Lipinski definition) is 0. The largest absolute Gasteiger partial charge is 0.443 e. The van der Waals surface area contributed by atoms with E-state index in [0.717, 1.165) is 19.3 Å². The van der Waals surface area contributed by atoms with Gasteiger partial charge in [0, 0.05) is 13.0 Å². The molecule has 0 radical (unpaired) electrons. The van der Waals surface area contributed by atoms with Crippen molar-refractivity contribution >= 4 is 11.9 Å². The third kappa shape index (κ3) is 2.04. The Morgan fingerprint density at radius 2 is 1.93 bits per heavy atom. The zero-order chi connectivity index (χ0) is 9.97. The minimum absolute atomic E-state index is 0.113. The first-order chi connectivity index (χ1) is 6.75. The summed E-state index contributed by atoms with van der Waals surface area (Å²) in [5.74, 6) is -0.646. The fourth-order valence-corrected chi connectivity index (χ4v) is 1.69. The van der Waals surface area contributed by atoms with Gasteiger partial charge in [0.15, 0.2) is 6.23 Å². The third-order valence-electron chi connectivity index (χ3n) is 2.42. The molecule has 2 fully saturated rings. The molecule has 2 heterocycles. The van der Waals surface area contributed by atoms with E-state index in [-0.39, 0.29) is 31.0 Å². The first-order valence-electron chi connectivity index (χ1n) is 4.92. The molecule has 5 heteroatoms. The average Bonchev–Trinajstić information content (AvgIpc) is 2.16. The topological polar surface area (TPSA) is 55.8 Å². The molecule has 0 bridgehead atoms. The standard InChI is InChI=1S/C9H13NO4/c11-8-4-5-9(12)14-10-6-2-1-3-7(10)13-8/h7H,1-6H2. The van der Waals surface area contributed by atoms with E-state index in [1.165, 1.54) is 5.06 Å². The van der Waals surface area contributed by atoms with E-state index in [2.05, 4.69) is 0 Å². The predicted octanol–water partition coefficient (Wildman–Crippen LogP) is 0.594. The SMILES string of the molecule is O=C1CCC(=O)ON2CCCCC2O1. The van der Waals surface area contributed by atoms with Crippen LogP contribution in [0.25, 0.3) is 0 Å². The highest BCUT2D eigenvalue weighted by Gasteiger charge is 2.31. The maximum absolute atomic E-state index is 11.2. The molecule has 1 atom stereocenters. The van der Waals surface area contributed by atoms with Gasteiger partial charge in [0.1, 0.15) is 0 Å². The first kappa shape index (κ1) is 9.45. The molecule has 2 aliphatic heterocycles. The van der Waals surface area contributed by atoms with Crippen molar-refractivity contribution in [3.63, 3.8) is 0 Å². The summed E-state index contributed by atoms with van der Waals surface area (Å²) in [5.41, 5.74) is 0. The van der Waals surface area contributed by atoms with E-state index in [1.807, 2.05) is 0 Å². The Balaban J connectivity index is 2.06. The summed E-state index contributed by atoms with van der Waals surface area (Å²) in [7, 11) is 0. The van der Waals surface area contributed by atoms with E-state index in [9.17, 15) is 9.59 Å². The van der Waals surface area contributed by atoms with Crippen LogP contribution in [0.5, 0.6) is 0 Å². The molecule has 5 nitrogen and oxygen atoms in total. The van der Waals surface area contributed by atoms with E-state index < -0.39 is 0 Å². The first-order valence-corrected chi connectivity index (χ1v) is 4.92. The van der Waals surface area contributed by atoms with Crippen LogP contribution in [0.2, 0.25) is 0 Å². The summed E-state index contributed by atoms with van der Waals surface area (Å²) in [6, 6.07) is 0. The molecule has 14 heavy (non-hydrogen) atoms. The van der Waals surface area contributed by atoms with Crippen molar-refractivity contribution in [2.75, 3.05) is 6.54 Å². The molecule has 2 saturated heterocycles. The maximum atomic E-state index is 11.2. The van der Waals surface area contributed by atoms with Crippen LogP contribution in [-0.4, -0.2) is 29.8 Å². The van der Waals surface area contributed by atoms with Crippen molar-refractivity contribution in [1.29, 1.82) is 0 Å². The molecule has 0 N–H and O–H groups in total. The molecule has 2 aliphatic rings. The Labute approximate surface area is 81.9 Å². The summed E-state index contributed by atoms with van der Waals surface area (Å²) >= 11 is 0. The second-order valence-corrected chi connectivity index (χ2v) is 3.54. The normalized spacial score (nSPS) is 29.6. The zero-order valence-electron chi connectivity index (χ0n) is 7.90. The van der Waals surface area contributed by atoms with Gasteiger partial charge in [0.25, 0.3) is 0 Å². The number of esters is 1. The lowest BCUT2D eigenvalue weighted by Crippen LogP contribution is -2.45. The lowest BCUT2D eigenvalue weighted by molar-refractivity contribution is -0.255. The number of carbonyl (C=O) groups excluding carboxylic acids is 2. The number of rotatable bonds is 0. The van der Waals surface area contributed by atoms with Gasteiger partial charge in [-0.3, -0.25) is 9.59 Å². The smallest absolute Gasteiger partial charge is 0.325 e. The van der Waals surface area contributed by atoms with Crippen LogP contribution in [0.3, 0.4) is 0 Å². The van der Waals surface area contributed by atoms with E-state index >= 15 is 0 Å². The average molecular weight is 199 g/mol. The molecule has 0 aromatic carbocycles. The van der Waals surface area contributed by atoms with Crippen molar-refractivity contribution < 1.29 is 19.2 Å². The Bertz CT molecular complexity index is 227. The van der Waals surface area contributed by atoms with Crippen molar-refractivity contribution in [2.24, 2.45) is 0 Å². The van der Waals surface area contributed by atoms with E-state index in [0.29, 0.717) is 6.54 Å². The quantitative estimate of drug-likeness (QED) is 0.534. The van der Waals surface area contributed by atoms with Gasteiger partial charge in [-0.05, 0) is 12.8 Å². The number of carbonyl (C=O) groups is 2. The highest BCUT2D eigenvalue weighted by molar-refractivity contribution is 5.78. The van der Waals surface area contributed by atoms with Crippen molar-refractivity contribution in [2.45, 2.75) is 38.3 Å². The minimum Gasteiger partial charge on any atom is -0.443 e. The maximum Gasteiger partial charge on any atom is 0.325 e. The van der Waals surface area contributed by atoms with Gasteiger partial charge >= 0.3 is 11.9 Å².